The zero-order valence-corrected chi connectivity index (χ0v) is 6.89. The van der Waals surface area contributed by atoms with Crippen molar-refractivity contribution in [3.05, 3.63) is 0 Å². The first-order valence-corrected chi connectivity index (χ1v) is 4.77. The molecule has 0 N–H and O–H groups in total. The van der Waals surface area contributed by atoms with Crippen molar-refractivity contribution in [2.75, 3.05) is 12.3 Å². The van der Waals surface area contributed by atoms with E-state index in [1.165, 1.54) is 4.90 Å². The Labute approximate surface area is 69.1 Å². The average Bonchev–Trinajstić information content (AvgIpc) is 2.73. The summed E-state index contributed by atoms with van der Waals surface area (Å²) in [5.41, 5.74) is 0. The molecule has 0 aromatic rings. The molecule has 60 valence electrons. The van der Waals surface area contributed by atoms with E-state index in [1.54, 1.807) is 0 Å². The van der Waals surface area contributed by atoms with Gasteiger partial charge in [0, 0.05) is 30.4 Å². The number of amides is 2. The topological polar surface area (TPSA) is 37.4 Å². The number of carbonyl (C=O) groups excluding carboxylic acids is 2. The van der Waals surface area contributed by atoms with Crippen LogP contribution in [0, 0.1) is 0 Å². The van der Waals surface area contributed by atoms with Gasteiger partial charge in [0.05, 0.1) is 0 Å². The summed E-state index contributed by atoms with van der Waals surface area (Å²) in [7, 11) is 0. The third kappa shape index (κ3) is 1.40. The number of hydrogen-bond acceptors (Lipinski definition) is 3. The lowest BCUT2D eigenvalue weighted by Crippen LogP contribution is -2.32. The van der Waals surface area contributed by atoms with Gasteiger partial charge in [-0.15, -0.1) is 0 Å². The lowest BCUT2D eigenvalue weighted by atomic mass is 10.4. The molecule has 0 bridgehead atoms. The summed E-state index contributed by atoms with van der Waals surface area (Å²) in [5, 5.41) is 0.543. The van der Waals surface area contributed by atoms with Crippen LogP contribution in [0.25, 0.3) is 0 Å². The number of nitrogens with zero attached hydrogens (tertiary/aromatic N) is 1. The van der Waals surface area contributed by atoms with E-state index in [2.05, 4.69) is 0 Å². The highest BCUT2D eigenvalue weighted by molar-refractivity contribution is 8.06. The Morgan fingerprint density at radius 2 is 1.91 bits per heavy atom. The van der Waals surface area contributed by atoms with Crippen LogP contribution in [0.1, 0.15) is 12.8 Å². The average molecular weight is 171 g/mol. The maximum Gasteiger partial charge on any atom is 0.229 e. The van der Waals surface area contributed by atoms with Crippen molar-refractivity contribution >= 4 is 23.6 Å². The van der Waals surface area contributed by atoms with Gasteiger partial charge in [0.15, 0.2) is 0 Å². The minimum Gasteiger partial charge on any atom is -0.281 e. The summed E-state index contributed by atoms with van der Waals surface area (Å²) < 4.78 is 0. The maximum atomic E-state index is 11.0. The lowest BCUT2D eigenvalue weighted by Gasteiger charge is -2.11. The van der Waals surface area contributed by atoms with Crippen molar-refractivity contribution in [2.45, 2.75) is 18.1 Å². The third-order valence-corrected chi connectivity index (χ3v) is 2.90. The molecule has 2 amide bonds. The maximum absolute atomic E-state index is 11.0. The van der Waals surface area contributed by atoms with E-state index in [0.29, 0.717) is 24.6 Å². The predicted molar refractivity (Wildman–Crippen MR) is 42.2 cm³/mol. The second-order valence-corrected chi connectivity index (χ2v) is 4.19. The van der Waals surface area contributed by atoms with Crippen LogP contribution >= 0.6 is 11.8 Å². The van der Waals surface area contributed by atoms with Crippen molar-refractivity contribution in [3.8, 4) is 0 Å². The molecular weight excluding hydrogens is 162 g/mol. The number of likely N-dealkylation sites (tertiary alicyclic amines) is 1. The lowest BCUT2D eigenvalue weighted by molar-refractivity contribution is -0.138. The largest absolute Gasteiger partial charge is 0.281 e. The van der Waals surface area contributed by atoms with Crippen molar-refractivity contribution < 1.29 is 9.59 Å². The zero-order chi connectivity index (χ0) is 7.84. The first kappa shape index (κ1) is 7.16. The highest BCUT2D eigenvalue weighted by atomic mass is 32.2. The second kappa shape index (κ2) is 2.52. The predicted octanol–water partition coefficient (Wildman–Crippen LogP) is 0.251. The molecular formula is C7H9NO2S. The van der Waals surface area contributed by atoms with Crippen LogP contribution in [0.15, 0.2) is 0 Å². The van der Waals surface area contributed by atoms with Gasteiger partial charge in [0.1, 0.15) is 0 Å². The summed E-state index contributed by atoms with van der Waals surface area (Å²) in [4.78, 5) is 23.5. The van der Waals surface area contributed by atoms with Gasteiger partial charge in [0.25, 0.3) is 0 Å². The van der Waals surface area contributed by atoms with Gasteiger partial charge in [0.2, 0.25) is 11.8 Å². The first-order chi connectivity index (χ1) is 5.27. The number of rotatable bonds is 2. The molecule has 0 radical (unpaired) electrons. The monoisotopic (exact) mass is 171 g/mol. The summed E-state index contributed by atoms with van der Waals surface area (Å²) in [6.45, 7) is 0.655. The molecule has 0 aromatic heterocycles. The van der Waals surface area contributed by atoms with Gasteiger partial charge in [-0.2, -0.15) is 11.8 Å². The van der Waals surface area contributed by atoms with Crippen molar-refractivity contribution in [1.29, 1.82) is 0 Å². The van der Waals surface area contributed by atoms with Crippen LogP contribution < -0.4 is 0 Å². The Balaban J connectivity index is 1.97. The van der Waals surface area contributed by atoms with Gasteiger partial charge >= 0.3 is 0 Å². The van der Waals surface area contributed by atoms with Crippen LogP contribution in [0.3, 0.4) is 0 Å². The minimum absolute atomic E-state index is 0.0162. The Bertz CT molecular complexity index is 196. The van der Waals surface area contributed by atoms with Gasteiger partial charge < -0.3 is 0 Å². The normalized spacial score (nSPS) is 29.8. The smallest absolute Gasteiger partial charge is 0.229 e. The molecule has 2 aliphatic rings. The quantitative estimate of drug-likeness (QED) is 0.441. The Hall–Kier alpha value is -0.510. The number of hydrogen-bond donors (Lipinski definition) is 0. The van der Waals surface area contributed by atoms with E-state index in [9.17, 15) is 9.59 Å². The van der Waals surface area contributed by atoms with Gasteiger partial charge in [-0.1, -0.05) is 0 Å². The highest BCUT2D eigenvalue weighted by Crippen LogP contribution is 2.31. The Morgan fingerprint density at radius 3 is 2.36 bits per heavy atom. The van der Waals surface area contributed by atoms with Crippen molar-refractivity contribution in [2.24, 2.45) is 0 Å². The number of imide groups is 1. The number of carbonyl (C=O) groups is 2. The van der Waals surface area contributed by atoms with E-state index in [1.807, 2.05) is 11.8 Å². The molecule has 0 spiro atoms. The minimum atomic E-state index is 0.0162. The first-order valence-electron chi connectivity index (χ1n) is 3.72. The van der Waals surface area contributed by atoms with E-state index in [4.69, 9.17) is 0 Å². The summed E-state index contributed by atoms with van der Waals surface area (Å²) in [5.74, 6) is 1.14. The Kier molecular flexibility index (Phi) is 1.64. The van der Waals surface area contributed by atoms with E-state index in [-0.39, 0.29) is 11.8 Å². The SMILES string of the molecule is O=C1CCC(=O)N1C[C@@H]1CS1. The fourth-order valence-electron chi connectivity index (χ4n) is 1.20. The molecule has 0 aromatic carbocycles. The van der Waals surface area contributed by atoms with Gasteiger partial charge in [-0.3, -0.25) is 14.5 Å². The molecule has 2 rings (SSSR count). The fourth-order valence-corrected chi connectivity index (χ4v) is 1.70. The molecule has 3 nitrogen and oxygen atoms in total. The summed E-state index contributed by atoms with van der Waals surface area (Å²) in [6, 6.07) is 0. The van der Waals surface area contributed by atoms with Crippen LogP contribution in [0.4, 0.5) is 0 Å². The number of thioether (sulfide) groups is 1. The summed E-state index contributed by atoms with van der Waals surface area (Å²) >= 11 is 1.81. The standard InChI is InChI=1S/C7H9NO2S/c9-6-1-2-7(10)8(6)3-5-4-11-5/h5H,1-4H2/t5-/m1/s1. The van der Waals surface area contributed by atoms with Gasteiger partial charge in [-0.25, -0.2) is 0 Å². The van der Waals surface area contributed by atoms with Crippen LogP contribution in [0.2, 0.25) is 0 Å². The van der Waals surface area contributed by atoms with E-state index >= 15 is 0 Å². The molecule has 4 heteroatoms. The van der Waals surface area contributed by atoms with Gasteiger partial charge in [-0.05, 0) is 0 Å². The highest BCUT2D eigenvalue weighted by Gasteiger charge is 2.34. The molecule has 2 aliphatic heterocycles. The molecule has 11 heavy (non-hydrogen) atoms. The molecule has 1 atom stereocenters. The summed E-state index contributed by atoms with van der Waals surface area (Å²) in [6.07, 6.45) is 0.854. The molecule has 0 aliphatic carbocycles. The molecule has 2 fully saturated rings. The van der Waals surface area contributed by atoms with Crippen molar-refractivity contribution in [3.63, 3.8) is 0 Å². The van der Waals surface area contributed by atoms with Crippen molar-refractivity contribution in [1.82, 2.24) is 4.90 Å². The second-order valence-electron chi connectivity index (χ2n) is 2.85. The third-order valence-electron chi connectivity index (χ3n) is 1.94. The molecule has 2 saturated heterocycles. The van der Waals surface area contributed by atoms with Crippen LogP contribution in [0.5, 0.6) is 0 Å². The zero-order valence-electron chi connectivity index (χ0n) is 6.08. The molecule has 0 saturated carbocycles. The fraction of sp³-hybridized carbons (Fsp3) is 0.714. The molecule has 2 heterocycles. The van der Waals surface area contributed by atoms with E-state index < -0.39 is 0 Å². The van der Waals surface area contributed by atoms with Crippen LogP contribution in [-0.4, -0.2) is 34.3 Å². The van der Waals surface area contributed by atoms with E-state index in [0.717, 1.165) is 5.75 Å². The Morgan fingerprint density at radius 1 is 1.36 bits per heavy atom. The van der Waals surface area contributed by atoms with Crippen LogP contribution in [-0.2, 0) is 9.59 Å². The molecule has 0 unspecified atom stereocenters.